The number of aromatic nitrogens is 2. The molecule has 1 aromatic heterocycles. The number of nitrogens with two attached hydrogens (primary N) is 1. The van der Waals surface area contributed by atoms with Crippen molar-refractivity contribution in [2.24, 2.45) is 0 Å². The van der Waals surface area contributed by atoms with E-state index in [2.05, 4.69) is 27.1 Å². The summed E-state index contributed by atoms with van der Waals surface area (Å²) < 4.78 is 0. The van der Waals surface area contributed by atoms with Gasteiger partial charge in [-0.15, -0.1) is 0 Å². The van der Waals surface area contributed by atoms with Crippen LogP contribution in [0.5, 0.6) is 0 Å². The molecule has 0 aliphatic carbocycles. The third-order valence-electron chi connectivity index (χ3n) is 3.47. The maximum Gasteiger partial charge on any atom is 0.134 e. The van der Waals surface area contributed by atoms with Gasteiger partial charge in [-0.25, -0.2) is 9.97 Å². The molecule has 3 N–H and O–H groups in total. The Balaban J connectivity index is 1.77. The van der Waals surface area contributed by atoms with Crippen LogP contribution in [0.4, 0.5) is 11.6 Å². The monoisotopic (exact) mass is 249 g/mol. The second kappa shape index (κ2) is 6.54. The van der Waals surface area contributed by atoms with Gasteiger partial charge in [0.15, 0.2) is 0 Å². The molecule has 2 rings (SSSR count). The van der Waals surface area contributed by atoms with Crippen molar-refractivity contribution in [2.45, 2.75) is 32.6 Å². The minimum absolute atomic E-state index is 0.592. The second-order valence-corrected chi connectivity index (χ2v) is 4.77. The molecule has 100 valence electrons. The molecule has 1 aliphatic rings. The lowest BCUT2D eigenvalue weighted by Gasteiger charge is -2.15. The summed E-state index contributed by atoms with van der Waals surface area (Å²) in [5, 5.41) is 3.37. The molecule has 18 heavy (non-hydrogen) atoms. The van der Waals surface area contributed by atoms with E-state index in [9.17, 15) is 0 Å². The van der Waals surface area contributed by atoms with Crippen molar-refractivity contribution in [3.8, 4) is 0 Å². The third-order valence-corrected chi connectivity index (χ3v) is 3.47. The van der Waals surface area contributed by atoms with Gasteiger partial charge in [0, 0.05) is 12.1 Å². The van der Waals surface area contributed by atoms with Crippen LogP contribution >= 0.6 is 0 Å². The summed E-state index contributed by atoms with van der Waals surface area (Å²) in [7, 11) is 0. The normalized spacial score (nSPS) is 16.1. The second-order valence-electron chi connectivity index (χ2n) is 4.77. The van der Waals surface area contributed by atoms with Crippen LogP contribution < -0.4 is 11.1 Å². The SMILES string of the molecule is CCc1c(N)ncnc1NCCCN1CCCC1. The van der Waals surface area contributed by atoms with Gasteiger partial charge in [-0.1, -0.05) is 6.92 Å². The van der Waals surface area contributed by atoms with Crippen LogP contribution in [0.25, 0.3) is 0 Å². The van der Waals surface area contributed by atoms with Crippen LogP contribution in [0.1, 0.15) is 31.7 Å². The molecule has 0 unspecified atom stereocenters. The number of hydrogen-bond donors (Lipinski definition) is 2. The lowest BCUT2D eigenvalue weighted by atomic mass is 10.2. The van der Waals surface area contributed by atoms with E-state index in [1.54, 1.807) is 0 Å². The van der Waals surface area contributed by atoms with Crippen molar-refractivity contribution < 1.29 is 0 Å². The molecule has 0 spiro atoms. The first-order valence-corrected chi connectivity index (χ1v) is 6.87. The van der Waals surface area contributed by atoms with Gasteiger partial charge >= 0.3 is 0 Å². The Labute approximate surface area is 109 Å². The molecule has 5 nitrogen and oxygen atoms in total. The summed E-state index contributed by atoms with van der Waals surface area (Å²) in [6, 6.07) is 0. The topological polar surface area (TPSA) is 67.1 Å². The van der Waals surface area contributed by atoms with Crippen LogP contribution in [0.2, 0.25) is 0 Å². The quantitative estimate of drug-likeness (QED) is 0.748. The summed E-state index contributed by atoms with van der Waals surface area (Å²) in [5.41, 5.74) is 6.86. The molecule has 1 aromatic rings. The van der Waals surface area contributed by atoms with Gasteiger partial charge < -0.3 is 16.0 Å². The van der Waals surface area contributed by atoms with E-state index < -0.39 is 0 Å². The van der Waals surface area contributed by atoms with Crippen LogP contribution in [0.3, 0.4) is 0 Å². The fourth-order valence-corrected chi connectivity index (χ4v) is 2.44. The van der Waals surface area contributed by atoms with Gasteiger partial charge in [-0.2, -0.15) is 0 Å². The zero-order valence-corrected chi connectivity index (χ0v) is 11.2. The van der Waals surface area contributed by atoms with E-state index >= 15 is 0 Å². The Hall–Kier alpha value is -1.36. The first kappa shape index (κ1) is 13.1. The first-order chi connectivity index (χ1) is 8.81. The fraction of sp³-hybridized carbons (Fsp3) is 0.692. The molecule has 1 fully saturated rings. The van der Waals surface area contributed by atoms with Crippen LogP contribution in [-0.2, 0) is 6.42 Å². The van der Waals surface area contributed by atoms with Crippen LogP contribution in [0.15, 0.2) is 6.33 Å². The fourth-order valence-electron chi connectivity index (χ4n) is 2.44. The zero-order chi connectivity index (χ0) is 12.8. The highest BCUT2D eigenvalue weighted by atomic mass is 15.1. The standard InChI is InChI=1S/C13H23N5/c1-2-11-12(14)16-10-17-13(11)15-6-5-9-18-7-3-4-8-18/h10H,2-9H2,1H3,(H3,14,15,16,17). The van der Waals surface area contributed by atoms with E-state index in [1.165, 1.54) is 38.8 Å². The number of nitrogen functional groups attached to an aromatic ring is 1. The predicted molar refractivity (Wildman–Crippen MR) is 74.6 cm³/mol. The van der Waals surface area contributed by atoms with Crippen molar-refractivity contribution in [3.63, 3.8) is 0 Å². The first-order valence-electron chi connectivity index (χ1n) is 6.87. The largest absolute Gasteiger partial charge is 0.383 e. The molecule has 0 aromatic carbocycles. The van der Waals surface area contributed by atoms with E-state index in [0.29, 0.717) is 5.82 Å². The summed E-state index contributed by atoms with van der Waals surface area (Å²) in [6.45, 7) is 6.72. The van der Waals surface area contributed by atoms with Gasteiger partial charge in [0.2, 0.25) is 0 Å². The smallest absolute Gasteiger partial charge is 0.134 e. The summed E-state index contributed by atoms with van der Waals surface area (Å²) in [5.74, 6) is 1.49. The Kier molecular flexibility index (Phi) is 4.75. The zero-order valence-electron chi connectivity index (χ0n) is 11.2. The van der Waals surface area contributed by atoms with Crippen molar-refractivity contribution in [1.29, 1.82) is 0 Å². The molecule has 0 saturated carbocycles. The van der Waals surface area contributed by atoms with Crippen molar-refractivity contribution >= 4 is 11.6 Å². The Bertz CT molecular complexity index is 374. The number of likely N-dealkylation sites (tertiary alicyclic amines) is 1. The van der Waals surface area contributed by atoms with E-state index in [0.717, 1.165) is 30.8 Å². The lowest BCUT2D eigenvalue weighted by molar-refractivity contribution is 0.337. The van der Waals surface area contributed by atoms with Crippen molar-refractivity contribution in [1.82, 2.24) is 14.9 Å². The maximum atomic E-state index is 5.84. The summed E-state index contributed by atoms with van der Waals surface area (Å²) in [4.78, 5) is 10.8. The van der Waals surface area contributed by atoms with E-state index in [-0.39, 0.29) is 0 Å². The number of nitrogens with zero attached hydrogens (tertiary/aromatic N) is 3. The lowest BCUT2D eigenvalue weighted by Crippen LogP contribution is -2.22. The molecule has 5 heteroatoms. The molecule has 0 radical (unpaired) electrons. The summed E-state index contributed by atoms with van der Waals surface area (Å²) >= 11 is 0. The molecular weight excluding hydrogens is 226 g/mol. The molecule has 0 bridgehead atoms. The highest BCUT2D eigenvalue weighted by Crippen LogP contribution is 2.17. The Morgan fingerprint density at radius 1 is 1.33 bits per heavy atom. The molecule has 0 atom stereocenters. The Morgan fingerprint density at radius 2 is 2.11 bits per heavy atom. The van der Waals surface area contributed by atoms with Crippen molar-refractivity contribution in [2.75, 3.05) is 37.2 Å². The van der Waals surface area contributed by atoms with Crippen LogP contribution in [0, 0.1) is 0 Å². The Morgan fingerprint density at radius 3 is 2.83 bits per heavy atom. The minimum Gasteiger partial charge on any atom is -0.383 e. The van der Waals surface area contributed by atoms with E-state index in [4.69, 9.17) is 5.73 Å². The molecule has 1 saturated heterocycles. The average molecular weight is 249 g/mol. The minimum atomic E-state index is 0.592. The number of anilines is 2. The molecular formula is C13H23N5. The van der Waals surface area contributed by atoms with Crippen LogP contribution in [-0.4, -0.2) is 41.0 Å². The van der Waals surface area contributed by atoms with Gasteiger partial charge in [0.25, 0.3) is 0 Å². The number of rotatable bonds is 6. The predicted octanol–water partition coefficient (Wildman–Crippen LogP) is 1.52. The summed E-state index contributed by atoms with van der Waals surface area (Å²) in [6.07, 6.45) is 6.25. The highest BCUT2D eigenvalue weighted by Gasteiger charge is 2.11. The van der Waals surface area contributed by atoms with Crippen molar-refractivity contribution in [3.05, 3.63) is 11.9 Å². The average Bonchev–Trinajstić information content (AvgIpc) is 2.88. The van der Waals surface area contributed by atoms with Gasteiger partial charge in [-0.3, -0.25) is 0 Å². The highest BCUT2D eigenvalue weighted by molar-refractivity contribution is 5.54. The molecule has 1 aliphatic heterocycles. The number of nitrogens with one attached hydrogen (secondary N) is 1. The molecule has 2 heterocycles. The number of hydrogen-bond acceptors (Lipinski definition) is 5. The maximum absolute atomic E-state index is 5.84. The molecule has 0 amide bonds. The van der Waals surface area contributed by atoms with E-state index in [1.807, 2.05) is 0 Å². The van der Waals surface area contributed by atoms with Gasteiger partial charge in [-0.05, 0) is 45.3 Å². The van der Waals surface area contributed by atoms with Gasteiger partial charge in [0.05, 0.1) is 0 Å². The van der Waals surface area contributed by atoms with Gasteiger partial charge in [0.1, 0.15) is 18.0 Å². The third kappa shape index (κ3) is 3.32.